The van der Waals surface area contributed by atoms with E-state index in [-0.39, 0.29) is 4.09 Å². The number of nitrogens with zero attached hydrogens (tertiary/aromatic N) is 3. The second kappa shape index (κ2) is 1.97. The highest BCUT2D eigenvalue weighted by Gasteiger charge is 2.12. The molecule has 0 fully saturated rings. The summed E-state index contributed by atoms with van der Waals surface area (Å²) in [5, 5.41) is 5.23. The van der Waals surface area contributed by atoms with Crippen LogP contribution in [0.15, 0.2) is 6.20 Å². The van der Waals surface area contributed by atoms with Crippen molar-refractivity contribution in [2.24, 2.45) is 0 Å². The molecule has 0 aliphatic heterocycles. The van der Waals surface area contributed by atoms with Gasteiger partial charge in [-0.3, -0.25) is 0 Å². The summed E-state index contributed by atoms with van der Waals surface area (Å²) < 4.78 is 43.2. The molecule has 0 N–H and O–H groups in total. The molecule has 1 aromatic rings. The summed E-state index contributed by atoms with van der Waals surface area (Å²) in [5.74, 6) is -1.15. The van der Waals surface area contributed by atoms with E-state index in [1.165, 1.54) is 0 Å². The summed E-state index contributed by atoms with van der Waals surface area (Å²) in [7, 11) is -4.98. The van der Waals surface area contributed by atoms with Crippen molar-refractivity contribution in [2.75, 3.05) is 0 Å². The Balaban J connectivity index is 3.21. The lowest BCUT2D eigenvalue weighted by atomic mass is 10.9. The topological polar surface area (TPSA) is 64.8 Å². The summed E-state index contributed by atoms with van der Waals surface area (Å²) >= 11 is 0. The Morgan fingerprint density at radius 2 is 2.20 bits per heavy atom. The zero-order chi connectivity index (χ0) is 7.78. The molecule has 0 amide bonds. The van der Waals surface area contributed by atoms with Gasteiger partial charge < -0.3 is 0 Å². The van der Waals surface area contributed by atoms with Gasteiger partial charge in [0.25, 0.3) is 5.95 Å². The van der Waals surface area contributed by atoms with Crippen LogP contribution in [-0.4, -0.2) is 22.8 Å². The van der Waals surface area contributed by atoms with E-state index in [1.54, 1.807) is 0 Å². The third-order valence-electron chi connectivity index (χ3n) is 0.669. The van der Waals surface area contributed by atoms with E-state index in [1.807, 2.05) is 0 Å². The van der Waals surface area contributed by atoms with Crippen LogP contribution in [0.2, 0.25) is 0 Å². The molecule has 0 saturated heterocycles. The third kappa shape index (κ3) is 1.26. The van der Waals surface area contributed by atoms with Gasteiger partial charge in [-0.2, -0.15) is 12.8 Å². The molecule has 0 aliphatic carbocycles. The van der Waals surface area contributed by atoms with Crippen LogP contribution in [0.25, 0.3) is 0 Å². The first-order valence-corrected chi connectivity index (χ1v) is 3.37. The molecule has 0 spiro atoms. The SMILES string of the molecule is O=S(=O)(F)n1cc(F)nn1. The van der Waals surface area contributed by atoms with Gasteiger partial charge in [0.1, 0.15) is 6.20 Å². The Bertz CT molecular complexity index is 330. The van der Waals surface area contributed by atoms with Crippen LogP contribution in [0.5, 0.6) is 0 Å². The third-order valence-corrected chi connectivity index (χ3v) is 1.29. The van der Waals surface area contributed by atoms with E-state index < -0.39 is 16.4 Å². The van der Waals surface area contributed by atoms with Crippen molar-refractivity contribution in [2.45, 2.75) is 0 Å². The summed E-state index contributed by atoms with van der Waals surface area (Å²) in [6.07, 6.45) is 0.315. The smallest absolute Gasteiger partial charge is 0.181 e. The maximum atomic E-state index is 11.8. The van der Waals surface area contributed by atoms with Crippen molar-refractivity contribution >= 4 is 10.4 Å². The first-order chi connectivity index (χ1) is 4.50. The van der Waals surface area contributed by atoms with Crippen molar-refractivity contribution in [3.8, 4) is 0 Å². The van der Waals surface area contributed by atoms with Crippen molar-refractivity contribution < 1.29 is 16.7 Å². The number of aromatic nitrogens is 3. The first-order valence-electron chi connectivity index (χ1n) is 2.03. The minimum absolute atomic E-state index is 0.206. The van der Waals surface area contributed by atoms with Crippen LogP contribution in [-0.2, 0) is 10.4 Å². The van der Waals surface area contributed by atoms with Gasteiger partial charge >= 0.3 is 10.4 Å². The van der Waals surface area contributed by atoms with Crippen LogP contribution < -0.4 is 0 Å². The van der Waals surface area contributed by atoms with Gasteiger partial charge in [-0.1, -0.05) is 8.98 Å². The van der Waals surface area contributed by atoms with Crippen molar-refractivity contribution in [1.82, 2.24) is 14.4 Å². The normalized spacial score (nSPS) is 11.8. The molecule has 0 unspecified atom stereocenters. The van der Waals surface area contributed by atoms with E-state index in [0.717, 1.165) is 0 Å². The Labute approximate surface area is 54.6 Å². The highest BCUT2D eigenvalue weighted by atomic mass is 32.3. The molecule has 8 heteroatoms. The highest BCUT2D eigenvalue weighted by molar-refractivity contribution is 7.84. The molecule has 0 aromatic carbocycles. The molecule has 56 valence electrons. The molecule has 1 aromatic heterocycles. The Hall–Kier alpha value is -1.05. The van der Waals surface area contributed by atoms with Crippen LogP contribution in [0, 0.1) is 5.95 Å². The molecule has 1 heterocycles. The van der Waals surface area contributed by atoms with Gasteiger partial charge in [0.15, 0.2) is 0 Å². The molecule has 0 atom stereocenters. The van der Waals surface area contributed by atoms with E-state index in [4.69, 9.17) is 0 Å². The van der Waals surface area contributed by atoms with Crippen LogP contribution in [0.1, 0.15) is 0 Å². The fraction of sp³-hybridized carbons (Fsp3) is 0. The van der Waals surface area contributed by atoms with E-state index >= 15 is 0 Å². The van der Waals surface area contributed by atoms with Crippen molar-refractivity contribution in [3.63, 3.8) is 0 Å². The Kier molecular flexibility index (Phi) is 1.39. The number of hydrogen-bond acceptors (Lipinski definition) is 4. The number of rotatable bonds is 1. The van der Waals surface area contributed by atoms with Gasteiger partial charge in [0.05, 0.1) is 0 Å². The predicted octanol–water partition coefficient (Wildman–Crippen LogP) is -0.520. The number of halogens is 2. The molecule has 5 nitrogen and oxygen atoms in total. The van der Waals surface area contributed by atoms with E-state index in [0.29, 0.717) is 6.20 Å². The Morgan fingerprint density at radius 1 is 1.60 bits per heavy atom. The lowest BCUT2D eigenvalue weighted by Gasteiger charge is -1.85. The second-order valence-electron chi connectivity index (χ2n) is 1.36. The lowest BCUT2D eigenvalue weighted by molar-refractivity contribution is 0.530. The fourth-order valence-corrected chi connectivity index (χ4v) is 0.673. The molecule has 0 saturated carbocycles. The first kappa shape index (κ1) is 7.06. The van der Waals surface area contributed by atoms with Gasteiger partial charge in [0.2, 0.25) is 0 Å². The van der Waals surface area contributed by atoms with Gasteiger partial charge in [-0.15, -0.1) is 4.09 Å². The van der Waals surface area contributed by atoms with Crippen LogP contribution in [0.4, 0.5) is 8.28 Å². The van der Waals surface area contributed by atoms with E-state index in [2.05, 4.69) is 10.3 Å². The molecular weight excluding hydrogens is 168 g/mol. The molecule has 1 rings (SSSR count). The second-order valence-corrected chi connectivity index (χ2v) is 2.55. The van der Waals surface area contributed by atoms with Crippen LogP contribution in [0.3, 0.4) is 0 Å². The maximum Gasteiger partial charge on any atom is 0.420 e. The fourth-order valence-electron chi connectivity index (χ4n) is 0.336. The molecule has 0 aliphatic rings. The molecule has 0 radical (unpaired) electrons. The summed E-state index contributed by atoms with van der Waals surface area (Å²) in [5.41, 5.74) is 0. The summed E-state index contributed by atoms with van der Waals surface area (Å²) in [4.78, 5) is 0. The van der Waals surface area contributed by atoms with Crippen molar-refractivity contribution in [3.05, 3.63) is 12.1 Å². The molecule has 0 bridgehead atoms. The lowest BCUT2D eigenvalue weighted by Crippen LogP contribution is -2.06. The van der Waals surface area contributed by atoms with Crippen molar-refractivity contribution in [1.29, 1.82) is 0 Å². The average Bonchev–Trinajstić information content (AvgIpc) is 2.11. The summed E-state index contributed by atoms with van der Waals surface area (Å²) in [6, 6.07) is 0. The summed E-state index contributed by atoms with van der Waals surface area (Å²) in [6.45, 7) is 0. The monoisotopic (exact) mass is 169 g/mol. The maximum absolute atomic E-state index is 11.8. The standard InChI is InChI=1S/C2HF2N3O2S/c3-2-1-7(6-5-2)10(4,8)9/h1H. The number of hydrogen-bond donors (Lipinski definition) is 0. The largest absolute Gasteiger partial charge is 0.420 e. The molecular formula is C2HF2N3O2S. The quantitative estimate of drug-likeness (QED) is 0.530. The minimum atomic E-state index is -4.98. The molecule has 10 heavy (non-hydrogen) atoms. The average molecular weight is 169 g/mol. The minimum Gasteiger partial charge on any atom is -0.181 e. The van der Waals surface area contributed by atoms with Gasteiger partial charge in [-0.25, -0.2) is 0 Å². The van der Waals surface area contributed by atoms with E-state index in [9.17, 15) is 16.7 Å². The zero-order valence-electron chi connectivity index (χ0n) is 4.40. The van der Waals surface area contributed by atoms with Gasteiger partial charge in [0, 0.05) is 0 Å². The highest BCUT2D eigenvalue weighted by Crippen LogP contribution is 1.96. The van der Waals surface area contributed by atoms with Gasteiger partial charge in [-0.05, 0) is 5.21 Å². The van der Waals surface area contributed by atoms with Crippen LogP contribution >= 0.6 is 0 Å². The Morgan fingerprint density at radius 3 is 2.40 bits per heavy atom. The zero-order valence-corrected chi connectivity index (χ0v) is 5.22. The predicted molar refractivity (Wildman–Crippen MR) is 25.4 cm³/mol.